The number of nitrogens with one attached hydrogen (secondary N) is 1. The van der Waals surface area contributed by atoms with Gasteiger partial charge in [0.15, 0.2) is 11.6 Å². The smallest absolute Gasteiger partial charge is 0.274 e. The van der Waals surface area contributed by atoms with E-state index in [-0.39, 0.29) is 11.7 Å². The van der Waals surface area contributed by atoms with Crippen LogP contribution in [-0.4, -0.2) is 23.2 Å². The van der Waals surface area contributed by atoms with E-state index < -0.39 is 29.5 Å². The van der Waals surface area contributed by atoms with E-state index in [9.17, 15) is 22.4 Å². The van der Waals surface area contributed by atoms with Gasteiger partial charge in [-0.3, -0.25) is 4.79 Å². The molecular formula is C23H24F4N2OS. The van der Waals surface area contributed by atoms with Crippen LogP contribution in [0.5, 0.6) is 0 Å². The Morgan fingerprint density at radius 1 is 1.10 bits per heavy atom. The van der Waals surface area contributed by atoms with Gasteiger partial charge in [-0.15, -0.1) is 11.8 Å². The molecule has 4 rings (SSSR count). The van der Waals surface area contributed by atoms with Gasteiger partial charge in [0.05, 0.1) is 5.56 Å². The van der Waals surface area contributed by atoms with E-state index in [1.165, 1.54) is 31.9 Å². The van der Waals surface area contributed by atoms with Crippen LogP contribution >= 0.6 is 11.8 Å². The van der Waals surface area contributed by atoms with Crippen LogP contribution in [0.4, 0.5) is 17.6 Å². The first kappa shape index (κ1) is 22.1. The number of carbonyl (C=O) groups excluding carboxylic acids is 1. The number of benzene rings is 1. The molecule has 31 heavy (non-hydrogen) atoms. The van der Waals surface area contributed by atoms with Gasteiger partial charge in [0.25, 0.3) is 11.8 Å². The van der Waals surface area contributed by atoms with Crippen molar-refractivity contribution in [3.8, 4) is 0 Å². The first-order chi connectivity index (χ1) is 14.8. The summed E-state index contributed by atoms with van der Waals surface area (Å²) in [5.41, 5.74) is -0.203. The van der Waals surface area contributed by atoms with Crippen molar-refractivity contribution in [3.63, 3.8) is 0 Å². The fourth-order valence-electron chi connectivity index (χ4n) is 4.85. The van der Waals surface area contributed by atoms with Gasteiger partial charge in [-0.2, -0.15) is 0 Å². The maximum absolute atomic E-state index is 14.4. The Kier molecular flexibility index (Phi) is 6.55. The van der Waals surface area contributed by atoms with Gasteiger partial charge < -0.3 is 5.32 Å². The highest BCUT2D eigenvalue weighted by atomic mass is 32.2. The second-order valence-electron chi connectivity index (χ2n) is 8.34. The molecule has 0 unspecified atom stereocenters. The van der Waals surface area contributed by atoms with Gasteiger partial charge in [0.2, 0.25) is 0 Å². The number of nitrogens with zero attached hydrogens (tertiary/aromatic N) is 1. The molecule has 0 aliphatic heterocycles. The number of alkyl halides is 2. The maximum Gasteiger partial charge on any atom is 0.274 e. The molecule has 3 nitrogen and oxygen atoms in total. The SMILES string of the molecule is O=C(NCC1C2CCC1CC2)c1cccnc1SCCC(F)(F)c1ccc(F)c(F)c1. The van der Waals surface area contributed by atoms with Crippen LogP contribution in [0.1, 0.15) is 48.0 Å². The molecule has 2 bridgehead atoms. The van der Waals surface area contributed by atoms with Gasteiger partial charge in [-0.25, -0.2) is 22.5 Å². The van der Waals surface area contributed by atoms with Crippen molar-refractivity contribution in [1.82, 2.24) is 10.3 Å². The molecule has 2 aliphatic carbocycles. The highest BCUT2D eigenvalue weighted by molar-refractivity contribution is 7.99. The second-order valence-corrected chi connectivity index (χ2v) is 9.42. The van der Waals surface area contributed by atoms with E-state index in [0.717, 1.165) is 17.8 Å². The second kappa shape index (κ2) is 9.18. The highest BCUT2D eigenvalue weighted by Crippen LogP contribution is 2.48. The number of fused-ring (bicyclic) bond motifs is 2. The summed E-state index contributed by atoms with van der Waals surface area (Å²) in [5, 5.41) is 3.39. The minimum absolute atomic E-state index is 0.0317. The summed E-state index contributed by atoms with van der Waals surface area (Å²) in [5.74, 6) is -4.12. The molecule has 0 saturated heterocycles. The average molecular weight is 453 g/mol. The molecule has 2 aromatic rings. The molecule has 0 spiro atoms. The Labute approximate surface area is 183 Å². The Balaban J connectivity index is 1.34. The summed E-state index contributed by atoms with van der Waals surface area (Å²) in [7, 11) is 0. The van der Waals surface area contributed by atoms with Crippen molar-refractivity contribution in [2.45, 2.75) is 43.1 Å². The Morgan fingerprint density at radius 3 is 2.48 bits per heavy atom. The third-order valence-electron chi connectivity index (χ3n) is 6.54. The third kappa shape index (κ3) is 4.89. The van der Waals surface area contributed by atoms with Crippen LogP contribution in [0.25, 0.3) is 0 Å². The van der Waals surface area contributed by atoms with Gasteiger partial charge in [-0.05, 0) is 73.8 Å². The number of halogens is 4. The van der Waals surface area contributed by atoms with E-state index in [4.69, 9.17) is 0 Å². The summed E-state index contributed by atoms with van der Waals surface area (Å²) < 4.78 is 55.1. The van der Waals surface area contributed by atoms with Crippen molar-refractivity contribution >= 4 is 17.7 Å². The topological polar surface area (TPSA) is 42.0 Å². The minimum atomic E-state index is -3.32. The van der Waals surface area contributed by atoms with Crippen molar-refractivity contribution in [2.75, 3.05) is 12.3 Å². The minimum Gasteiger partial charge on any atom is -0.352 e. The fourth-order valence-corrected chi connectivity index (χ4v) is 5.85. The summed E-state index contributed by atoms with van der Waals surface area (Å²) >= 11 is 1.06. The van der Waals surface area contributed by atoms with Crippen LogP contribution < -0.4 is 5.32 Å². The number of pyridine rings is 1. The van der Waals surface area contributed by atoms with E-state index >= 15 is 0 Å². The number of carbonyl (C=O) groups is 1. The Bertz CT molecular complexity index is 935. The summed E-state index contributed by atoms with van der Waals surface area (Å²) in [6.45, 7) is 0.640. The third-order valence-corrected chi connectivity index (χ3v) is 7.55. The lowest BCUT2D eigenvalue weighted by molar-refractivity contribution is -0.00740. The zero-order valence-corrected chi connectivity index (χ0v) is 17.7. The molecule has 1 heterocycles. The van der Waals surface area contributed by atoms with Gasteiger partial charge >= 0.3 is 0 Å². The first-order valence-corrected chi connectivity index (χ1v) is 11.5. The van der Waals surface area contributed by atoms with Gasteiger partial charge in [0, 0.05) is 30.5 Å². The standard InChI is InChI=1S/C23H24F4N2OS/c24-19-8-7-16(12-20(19)25)23(26,27)9-11-31-22-17(2-1-10-28-22)21(30)29-13-18-14-3-4-15(18)6-5-14/h1-2,7-8,10,12,14-15,18H,3-6,9,11,13H2,(H,29,30). The van der Waals surface area contributed by atoms with E-state index in [0.29, 0.717) is 47.0 Å². The van der Waals surface area contributed by atoms with E-state index in [1.54, 1.807) is 12.1 Å². The number of aromatic nitrogens is 1. The van der Waals surface area contributed by atoms with Crippen molar-refractivity contribution < 1.29 is 22.4 Å². The average Bonchev–Trinajstić information content (AvgIpc) is 3.33. The lowest BCUT2D eigenvalue weighted by atomic mass is 9.98. The normalized spacial score (nSPS) is 22.6. The summed E-state index contributed by atoms with van der Waals surface area (Å²) in [4.78, 5) is 16.9. The van der Waals surface area contributed by atoms with Crippen LogP contribution in [0, 0.1) is 29.4 Å². The number of thioether (sulfide) groups is 1. The van der Waals surface area contributed by atoms with Gasteiger partial charge in [0.1, 0.15) is 5.03 Å². The van der Waals surface area contributed by atoms with E-state index in [1.807, 2.05) is 0 Å². The van der Waals surface area contributed by atoms with Crippen LogP contribution in [0.3, 0.4) is 0 Å². The molecule has 2 fully saturated rings. The zero-order chi connectivity index (χ0) is 22.0. The maximum atomic E-state index is 14.4. The Morgan fingerprint density at radius 2 is 1.81 bits per heavy atom. The molecule has 0 radical (unpaired) electrons. The highest BCUT2D eigenvalue weighted by Gasteiger charge is 2.41. The lowest BCUT2D eigenvalue weighted by Gasteiger charge is -2.18. The lowest BCUT2D eigenvalue weighted by Crippen LogP contribution is -2.31. The van der Waals surface area contributed by atoms with Crippen LogP contribution in [0.2, 0.25) is 0 Å². The molecule has 166 valence electrons. The summed E-state index contributed by atoms with van der Waals surface area (Å²) in [6, 6.07) is 5.40. The molecular weight excluding hydrogens is 428 g/mol. The largest absolute Gasteiger partial charge is 0.352 e. The van der Waals surface area contributed by atoms with Crippen LogP contribution in [-0.2, 0) is 5.92 Å². The molecule has 1 amide bonds. The van der Waals surface area contributed by atoms with Gasteiger partial charge in [-0.1, -0.05) is 0 Å². The molecule has 2 saturated carbocycles. The predicted octanol–water partition coefficient (Wildman–Crippen LogP) is 5.80. The number of hydrogen-bond donors (Lipinski definition) is 1. The molecule has 8 heteroatoms. The quantitative estimate of drug-likeness (QED) is 0.407. The molecule has 2 aliphatic rings. The monoisotopic (exact) mass is 452 g/mol. The molecule has 0 atom stereocenters. The van der Waals surface area contributed by atoms with Crippen molar-refractivity contribution in [2.24, 2.45) is 17.8 Å². The molecule has 1 aromatic heterocycles. The number of hydrogen-bond acceptors (Lipinski definition) is 3. The first-order valence-electron chi connectivity index (χ1n) is 10.5. The molecule has 1 aromatic carbocycles. The summed E-state index contributed by atoms with van der Waals surface area (Å²) in [6.07, 6.45) is 5.89. The van der Waals surface area contributed by atoms with Crippen LogP contribution in [0.15, 0.2) is 41.6 Å². The molecule has 1 N–H and O–H groups in total. The predicted molar refractivity (Wildman–Crippen MR) is 111 cm³/mol. The van der Waals surface area contributed by atoms with E-state index in [2.05, 4.69) is 10.3 Å². The van der Waals surface area contributed by atoms with Crippen molar-refractivity contribution in [1.29, 1.82) is 0 Å². The van der Waals surface area contributed by atoms with Crippen molar-refractivity contribution in [3.05, 3.63) is 59.3 Å². The number of amides is 1. The zero-order valence-electron chi connectivity index (χ0n) is 16.9. The Hall–Kier alpha value is -2.09. The number of rotatable bonds is 8. The fraction of sp³-hybridized carbons (Fsp3) is 0.478.